The zero-order valence-electron chi connectivity index (χ0n) is 18.3. The molecule has 4 atom stereocenters. The van der Waals surface area contributed by atoms with Gasteiger partial charge in [0.2, 0.25) is 0 Å². The number of ketones is 2. The fourth-order valence-electron chi connectivity index (χ4n) is 5.95. The van der Waals surface area contributed by atoms with Gasteiger partial charge >= 0.3 is 0 Å². The van der Waals surface area contributed by atoms with Crippen molar-refractivity contribution in [2.45, 2.75) is 11.2 Å². The quantitative estimate of drug-likeness (QED) is 0.487. The molecule has 0 heterocycles. The van der Waals surface area contributed by atoms with Gasteiger partial charge in [0.15, 0.2) is 11.6 Å². The molecule has 34 heavy (non-hydrogen) atoms. The molecule has 2 aliphatic rings. The number of fused-ring (bicyclic) bond motifs is 2. The highest BCUT2D eigenvalue weighted by atomic mass is 16.3. The van der Waals surface area contributed by atoms with Gasteiger partial charge in [-0.3, -0.25) is 9.59 Å². The molecular weight excluding hydrogens is 424 g/mol. The number of rotatable bonds is 3. The molecule has 0 spiro atoms. The van der Waals surface area contributed by atoms with E-state index in [0.717, 1.165) is 0 Å². The number of aliphatic hydroxyl groups is 2. The smallest absolute Gasteiger partial charge is 0.170 e. The number of Topliss-reactive ketones (excluding diaryl/α,β-unsaturated/α-hetero) is 2. The highest BCUT2D eigenvalue weighted by Crippen LogP contribution is 2.57. The molecule has 2 aliphatic carbocycles. The molecule has 0 radical (unpaired) electrons. The van der Waals surface area contributed by atoms with Crippen molar-refractivity contribution < 1.29 is 19.8 Å². The van der Waals surface area contributed by atoms with Gasteiger partial charge in [0.25, 0.3) is 0 Å². The third-order valence-corrected chi connectivity index (χ3v) is 7.43. The third-order valence-electron chi connectivity index (χ3n) is 7.43. The first-order valence-electron chi connectivity index (χ1n) is 11.3. The van der Waals surface area contributed by atoms with E-state index in [4.69, 9.17) is 0 Å². The van der Waals surface area contributed by atoms with E-state index in [-0.39, 0.29) is 11.6 Å². The van der Waals surface area contributed by atoms with Crippen LogP contribution in [-0.4, -0.2) is 21.8 Å². The fourth-order valence-corrected chi connectivity index (χ4v) is 5.95. The molecular formula is C30H22O4. The van der Waals surface area contributed by atoms with E-state index >= 15 is 0 Å². The van der Waals surface area contributed by atoms with Crippen molar-refractivity contribution in [3.8, 4) is 0 Å². The van der Waals surface area contributed by atoms with Gasteiger partial charge in [-0.15, -0.1) is 0 Å². The summed E-state index contributed by atoms with van der Waals surface area (Å²) in [6.07, 6.45) is 0. The van der Waals surface area contributed by atoms with Gasteiger partial charge in [0, 0.05) is 11.1 Å². The minimum atomic E-state index is -1.78. The summed E-state index contributed by atoms with van der Waals surface area (Å²) in [5, 5.41) is 24.8. The number of hydrogen-bond acceptors (Lipinski definition) is 4. The second kappa shape index (κ2) is 7.32. The van der Waals surface area contributed by atoms with Gasteiger partial charge in [0.05, 0.1) is 11.8 Å². The van der Waals surface area contributed by atoms with Gasteiger partial charge in [-0.2, -0.15) is 0 Å². The van der Waals surface area contributed by atoms with Crippen molar-refractivity contribution >= 4 is 11.6 Å². The molecule has 0 unspecified atom stereocenters. The minimum Gasteiger partial charge on any atom is -0.380 e. The van der Waals surface area contributed by atoms with E-state index in [1.807, 2.05) is 12.1 Å². The molecule has 6 rings (SSSR count). The molecule has 4 nitrogen and oxygen atoms in total. The van der Waals surface area contributed by atoms with Gasteiger partial charge in [-0.1, -0.05) is 109 Å². The van der Waals surface area contributed by atoms with E-state index in [1.54, 1.807) is 97.1 Å². The van der Waals surface area contributed by atoms with E-state index in [1.165, 1.54) is 0 Å². The van der Waals surface area contributed by atoms with Crippen LogP contribution in [0.4, 0.5) is 0 Å². The van der Waals surface area contributed by atoms with E-state index in [0.29, 0.717) is 33.4 Å². The molecule has 4 heteroatoms. The highest BCUT2D eigenvalue weighted by Gasteiger charge is 2.65. The molecule has 4 aromatic rings. The zero-order chi connectivity index (χ0) is 23.5. The topological polar surface area (TPSA) is 74.6 Å². The van der Waals surface area contributed by atoms with Crippen molar-refractivity contribution in [3.05, 3.63) is 143 Å². The summed E-state index contributed by atoms with van der Waals surface area (Å²) in [6.45, 7) is 0. The second-order valence-electron chi connectivity index (χ2n) is 9.04. The average Bonchev–Trinajstić information content (AvgIpc) is 3.26. The van der Waals surface area contributed by atoms with Crippen LogP contribution in [0.1, 0.15) is 43.0 Å². The maximum atomic E-state index is 14.0. The van der Waals surface area contributed by atoms with E-state index in [9.17, 15) is 19.8 Å². The number of carbonyl (C=O) groups excluding carboxylic acids is 2. The number of hydrogen-bond donors (Lipinski definition) is 2. The summed E-state index contributed by atoms with van der Waals surface area (Å²) >= 11 is 0. The first kappa shape index (κ1) is 20.7. The number of carbonyl (C=O) groups is 2. The summed E-state index contributed by atoms with van der Waals surface area (Å²) in [5.41, 5.74) is -0.878. The first-order valence-corrected chi connectivity index (χ1v) is 11.3. The molecule has 0 saturated heterocycles. The molecule has 0 amide bonds. The van der Waals surface area contributed by atoms with Crippen molar-refractivity contribution in [1.82, 2.24) is 0 Å². The van der Waals surface area contributed by atoms with Crippen LogP contribution in [-0.2, 0) is 11.2 Å². The van der Waals surface area contributed by atoms with Crippen molar-refractivity contribution in [3.63, 3.8) is 0 Å². The molecule has 166 valence electrons. The predicted octanol–water partition coefficient (Wildman–Crippen LogP) is 4.48. The molecule has 0 aliphatic heterocycles. The molecule has 0 bridgehead atoms. The molecule has 0 saturated carbocycles. The maximum absolute atomic E-state index is 14.0. The molecule has 2 N–H and O–H groups in total. The van der Waals surface area contributed by atoms with Crippen molar-refractivity contribution in [2.24, 2.45) is 11.8 Å². The van der Waals surface area contributed by atoms with Crippen LogP contribution >= 0.6 is 0 Å². The predicted molar refractivity (Wildman–Crippen MR) is 127 cm³/mol. The molecule has 0 aromatic heterocycles. The minimum absolute atomic E-state index is 0.345. The average molecular weight is 447 g/mol. The lowest BCUT2D eigenvalue weighted by Crippen LogP contribution is -2.49. The summed E-state index contributed by atoms with van der Waals surface area (Å²) in [7, 11) is 0. The lowest BCUT2D eigenvalue weighted by atomic mass is 9.66. The first-order chi connectivity index (χ1) is 16.5. The van der Waals surface area contributed by atoms with Gasteiger partial charge < -0.3 is 10.2 Å². The Labute approximate surface area is 197 Å². The maximum Gasteiger partial charge on any atom is 0.170 e. The lowest BCUT2D eigenvalue weighted by molar-refractivity contribution is -0.0463. The second-order valence-corrected chi connectivity index (χ2v) is 9.04. The Balaban J connectivity index is 1.65. The van der Waals surface area contributed by atoms with Crippen LogP contribution in [0, 0.1) is 11.8 Å². The Hall–Kier alpha value is -3.86. The number of benzene rings is 4. The summed E-state index contributed by atoms with van der Waals surface area (Å²) in [5.74, 6) is -3.11. The zero-order valence-corrected chi connectivity index (χ0v) is 18.3. The summed E-state index contributed by atoms with van der Waals surface area (Å²) in [6, 6.07) is 31.8. The van der Waals surface area contributed by atoms with Crippen LogP contribution in [0.25, 0.3) is 0 Å². The van der Waals surface area contributed by atoms with E-state index in [2.05, 4.69) is 0 Å². The van der Waals surface area contributed by atoms with Crippen LogP contribution in [0.15, 0.2) is 109 Å². The van der Waals surface area contributed by atoms with E-state index < -0.39 is 23.0 Å². The SMILES string of the molecule is O=C1c2ccccc2[C@](O)(c2ccccc2)[C@H]1[C@@H]1C(=O)c2ccccc2[C@]1(O)c1ccccc1. The fraction of sp³-hybridized carbons (Fsp3) is 0.133. The van der Waals surface area contributed by atoms with Gasteiger partial charge in [-0.25, -0.2) is 0 Å². The largest absolute Gasteiger partial charge is 0.380 e. The van der Waals surface area contributed by atoms with Crippen LogP contribution in [0.3, 0.4) is 0 Å². The Morgan fingerprint density at radius 1 is 0.471 bits per heavy atom. The van der Waals surface area contributed by atoms with Crippen LogP contribution in [0.2, 0.25) is 0 Å². The normalized spacial score (nSPS) is 27.5. The Bertz CT molecular complexity index is 1320. The Morgan fingerprint density at radius 2 is 0.794 bits per heavy atom. The highest BCUT2D eigenvalue weighted by molar-refractivity contribution is 6.12. The van der Waals surface area contributed by atoms with Crippen LogP contribution < -0.4 is 0 Å². The molecule has 4 aromatic carbocycles. The van der Waals surface area contributed by atoms with Gasteiger partial charge in [0.1, 0.15) is 11.2 Å². The Kier molecular flexibility index (Phi) is 4.46. The Morgan fingerprint density at radius 3 is 1.18 bits per heavy atom. The van der Waals surface area contributed by atoms with Crippen molar-refractivity contribution in [1.29, 1.82) is 0 Å². The third kappa shape index (κ3) is 2.55. The standard InChI is InChI=1S/C30H22O4/c31-27-21-15-7-9-17-23(21)29(33,19-11-3-1-4-12-19)25(27)26-28(32)22-16-8-10-18-24(22)30(26,34)20-13-5-2-6-14-20/h1-18,25-26,33-34H/t25-,26+,29-,30-/m1/s1. The van der Waals surface area contributed by atoms with Crippen molar-refractivity contribution in [2.75, 3.05) is 0 Å². The van der Waals surface area contributed by atoms with Crippen LogP contribution in [0.5, 0.6) is 0 Å². The lowest BCUT2D eigenvalue weighted by Gasteiger charge is -2.40. The monoisotopic (exact) mass is 446 g/mol. The molecule has 0 fully saturated rings. The summed E-state index contributed by atoms with van der Waals surface area (Å²) in [4.78, 5) is 27.9. The van der Waals surface area contributed by atoms with Gasteiger partial charge in [-0.05, 0) is 22.3 Å². The summed E-state index contributed by atoms with van der Waals surface area (Å²) < 4.78 is 0.